The first-order chi connectivity index (χ1) is 10.8. The van der Waals surface area contributed by atoms with E-state index in [1.165, 1.54) is 23.9 Å². The fourth-order valence-electron chi connectivity index (χ4n) is 1.95. The van der Waals surface area contributed by atoms with Gasteiger partial charge in [-0.1, -0.05) is 11.8 Å². The summed E-state index contributed by atoms with van der Waals surface area (Å²) in [5.41, 5.74) is 0.750. The number of thioether (sulfide) groups is 1. The van der Waals surface area contributed by atoms with Gasteiger partial charge in [0, 0.05) is 11.3 Å². The largest absolute Gasteiger partial charge is 0.496 e. The van der Waals surface area contributed by atoms with Crippen LogP contribution >= 0.6 is 11.8 Å². The molecular formula is C14H13FN4O2S. The number of furan rings is 1. The molecule has 0 atom stereocenters. The summed E-state index contributed by atoms with van der Waals surface area (Å²) in [7, 11) is 1.56. The van der Waals surface area contributed by atoms with Crippen molar-refractivity contribution in [2.45, 2.75) is 17.5 Å². The van der Waals surface area contributed by atoms with E-state index in [-0.39, 0.29) is 5.82 Å². The minimum Gasteiger partial charge on any atom is -0.496 e. The van der Waals surface area contributed by atoms with Crippen LogP contribution in [0.5, 0.6) is 5.75 Å². The normalized spacial score (nSPS) is 10.8. The van der Waals surface area contributed by atoms with Gasteiger partial charge < -0.3 is 9.15 Å². The van der Waals surface area contributed by atoms with Crippen LogP contribution in [-0.4, -0.2) is 27.3 Å². The molecule has 0 saturated carbocycles. The Morgan fingerprint density at radius 1 is 1.36 bits per heavy atom. The van der Waals surface area contributed by atoms with Gasteiger partial charge in [0.25, 0.3) is 0 Å². The molecule has 0 N–H and O–H groups in total. The van der Waals surface area contributed by atoms with Gasteiger partial charge in [-0.25, -0.2) is 9.07 Å². The van der Waals surface area contributed by atoms with Gasteiger partial charge in [-0.2, -0.15) is 0 Å². The molecule has 0 saturated heterocycles. The van der Waals surface area contributed by atoms with Gasteiger partial charge >= 0.3 is 0 Å². The van der Waals surface area contributed by atoms with Gasteiger partial charge in [-0.15, -0.1) is 5.10 Å². The van der Waals surface area contributed by atoms with Crippen LogP contribution in [0.2, 0.25) is 0 Å². The number of ether oxygens (including phenoxy) is 1. The smallest absolute Gasteiger partial charge is 0.210 e. The zero-order valence-corrected chi connectivity index (χ0v) is 12.6. The average molecular weight is 320 g/mol. The lowest BCUT2D eigenvalue weighted by Crippen LogP contribution is -2.03. The number of halogens is 1. The van der Waals surface area contributed by atoms with Gasteiger partial charge in [0.2, 0.25) is 5.16 Å². The highest BCUT2D eigenvalue weighted by Crippen LogP contribution is 2.27. The third-order valence-corrected chi connectivity index (χ3v) is 3.99. The van der Waals surface area contributed by atoms with Crippen LogP contribution in [-0.2, 0) is 12.3 Å². The van der Waals surface area contributed by atoms with Crippen molar-refractivity contribution in [2.24, 2.45) is 0 Å². The number of methoxy groups -OCH3 is 1. The minimum atomic E-state index is -0.299. The Balaban J connectivity index is 1.72. The highest BCUT2D eigenvalue weighted by Gasteiger charge is 2.11. The molecule has 6 nitrogen and oxygen atoms in total. The molecule has 0 spiro atoms. The second kappa shape index (κ2) is 6.61. The van der Waals surface area contributed by atoms with Crippen LogP contribution in [0.3, 0.4) is 0 Å². The second-order valence-electron chi connectivity index (χ2n) is 4.44. The lowest BCUT2D eigenvalue weighted by Gasteiger charge is -2.08. The van der Waals surface area contributed by atoms with Crippen molar-refractivity contribution < 1.29 is 13.5 Å². The molecule has 0 unspecified atom stereocenters. The van der Waals surface area contributed by atoms with Gasteiger partial charge in [-0.05, 0) is 40.8 Å². The molecule has 2 heterocycles. The second-order valence-corrected chi connectivity index (χ2v) is 5.39. The molecule has 0 radical (unpaired) electrons. The highest BCUT2D eigenvalue weighted by molar-refractivity contribution is 7.98. The molecule has 8 heteroatoms. The molecule has 3 aromatic rings. The number of benzene rings is 1. The van der Waals surface area contributed by atoms with Crippen LogP contribution in [0, 0.1) is 5.82 Å². The van der Waals surface area contributed by atoms with Crippen molar-refractivity contribution in [2.75, 3.05) is 7.11 Å². The van der Waals surface area contributed by atoms with Gasteiger partial charge in [0.15, 0.2) is 0 Å². The molecule has 114 valence electrons. The third kappa shape index (κ3) is 3.28. The topological polar surface area (TPSA) is 66.0 Å². The molecule has 3 rings (SSSR count). The number of hydrogen-bond donors (Lipinski definition) is 0. The van der Waals surface area contributed by atoms with Crippen molar-refractivity contribution >= 4 is 11.8 Å². The zero-order chi connectivity index (χ0) is 15.4. The number of nitrogens with zero attached hydrogens (tertiary/aromatic N) is 4. The molecule has 2 aromatic heterocycles. The number of aromatic nitrogens is 4. The van der Waals surface area contributed by atoms with E-state index in [1.54, 1.807) is 24.1 Å². The maximum atomic E-state index is 13.4. The molecule has 0 aliphatic carbocycles. The van der Waals surface area contributed by atoms with E-state index in [2.05, 4.69) is 15.5 Å². The van der Waals surface area contributed by atoms with Crippen LogP contribution < -0.4 is 4.74 Å². The summed E-state index contributed by atoms with van der Waals surface area (Å²) in [5, 5.41) is 12.2. The Kier molecular flexibility index (Phi) is 4.38. The van der Waals surface area contributed by atoms with Crippen molar-refractivity contribution in [3.05, 3.63) is 53.7 Å². The summed E-state index contributed by atoms with van der Waals surface area (Å²) < 4.78 is 25.5. The minimum absolute atomic E-state index is 0.299. The molecule has 22 heavy (non-hydrogen) atoms. The monoisotopic (exact) mass is 320 g/mol. The van der Waals surface area contributed by atoms with Crippen LogP contribution in [0.1, 0.15) is 11.3 Å². The number of hydrogen-bond acceptors (Lipinski definition) is 6. The standard InChI is InChI=1S/C14H13FN4O2S/c1-20-13-5-4-11(15)7-10(13)9-22-14-16-17-18-19(14)8-12-3-2-6-21-12/h2-7H,8-9H2,1H3. The molecular weight excluding hydrogens is 307 g/mol. The van der Waals surface area contributed by atoms with E-state index in [9.17, 15) is 4.39 Å². The van der Waals surface area contributed by atoms with Crippen LogP contribution in [0.15, 0.2) is 46.2 Å². The Hall–Kier alpha value is -2.35. The van der Waals surface area contributed by atoms with Crippen molar-refractivity contribution in [3.63, 3.8) is 0 Å². The van der Waals surface area contributed by atoms with E-state index in [0.29, 0.717) is 23.2 Å². The van der Waals surface area contributed by atoms with Crippen LogP contribution in [0.4, 0.5) is 4.39 Å². The fraction of sp³-hybridized carbons (Fsp3) is 0.214. The van der Waals surface area contributed by atoms with Gasteiger partial charge in [0.05, 0.1) is 13.4 Å². The molecule has 0 fully saturated rings. The van der Waals surface area contributed by atoms with Crippen molar-refractivity contribution in [1.29, 1.82) is 0 Å². The molecule has 1 aromatic carbocycles. The summed E-state index contributed by atoms with van der Waals surface area (Å²) in [5.74, 6) is 1.60. The summed E-state index contributed by atoms with van der Waals surface area (Å²) in [6.45, 7) is 0.447. The first kappa shape index (κ1) is 14.6. The lowest BCUT2D eigenvalue weighted by molar-refractivity contribution is 0.410. The average Bonchev–Trinajstić information content (AvgIpc) is 3.18. The predicted molar refractivity (Wildman–Crippen MR) is 78.1 cm³/mol. The van der Waals surface area contributed by atoms with E-state index in [0.717, 1.165) is 11.3 Å². The quantitative estimate of drug-likeness (QED) is 0.651. The molecule has 0 aliphatic rings. The van der Waals surface area contributed by atoms with Gasteiger partial charge in [-0.3, -0.25) is 0 Å². The first-order valence-corrected chi connectivity index (χ1v) is 7.48. The maximum absolute atomic E-state index is 13.4. The Labute approximate surface area is 130 Å². The summed E-state index contributed by atoms with van der Waals surface area (Å²) in [6, 6.07) is 8.09. The predicted octanol–water partition coefficient (Wildman–Crippen LogP) is 2.75. The van der Waals surface area contributed by atoms with Crippen molar-refractivity contribution in [3.8, 4) is 5.75 Å². The summed E-state index contributed by atoms with van der Waals surface area (Å²) in [6.07, 6.45) is 1.60. The molecule has 0 aliphatic heterocycles. The van der Waals surface area contributed by atoms with E-state index >= 15 is 0 Å². The first-order valence-electron chi connectivity index (χ1n) is 6.50. The third-order valence-electron chi connectivity index (χ3n) is 2.98. The van der Waals surface area contributed by atoms with Crippen molar-refractivity contribution in [1.82, 2.24) is 20.2 Å². The fourth-order valence-corrected chi connectivity index (χ4v) is 2.81. The lowest BCUT2D eigenvalue weighted by atomic mass is 10.2. The Bertz CT molecular complexity index is 745. The zero-order valence-electron chi connectivity index (χ0n) is 11.8. The van der Waals surface area contributed by atoms with Crippen LogP contribution in [0.25, 0.3) is 0 Å². The summed E-state index contributed by atoms with van der Waals surface area (Å²) in [4.78, 5) is 0. The van der Waals surface area contributed by atoms with E-state index < -0.39 is 0 Å². The highest BCUT2D eigenvalue weighted by atomic mass is 32.2. The Morgan fingerprint density at radius 2 is 2.27 bits per heavy atom. The maximum Gasteiger partial charge on any atom is 0.210 e. The molecule has 0 amide bonds. The number of tetrazole rings is 1. The Morgan fingerprint density at radius 3 is 3.05 bits per heavy atom. The molecule has 0 bridgehead atoms. The van der Waals surface area contributed by atoms with Gasteiger partial charge in [0.1, 0.15) is 23.9 Å². The summed E-state index contributed by atoms with van der Waals surface area (Å²) >= 11 is 1.41. The number of rotatable bonds is 6. The SMILES string of the molecule is COc1ccc(F)cc1CSc1nnnn1Cc1ccco1. The van der Waals surface area contributed by atoms with E-state index in [1.807, 2.05) is 12.1 Å². The van der Waals surface area contributed by atoms with E-state index in [4.69, 9.17) is 9.15 Å².